The summed E-state index contributed by atoms with van der Waals surface area (Å²) >= 11 is 0. The normalized spacial score (nSPS) is 19.8. The number of hydrogen-bond acceptors (Lipinski definition) is 5. The highest BCUT2D eigenvalue weighted by molar-refractivity contribution is 6.01. The first-order valence-electron chi connectivity index (χ1n) is 10.3. The summed E-state index contributed by atoms with van der Waals surface area (Å²) in [5, 5.41) is 4.25. The van der Waals surface area contributed by atoms with Gasteiger partial charge in [0, 0.05) is 24.4 Å². The van der Waals surface area contributed by atoms with Crippen LogP contribution in [0.2, 0.25) is 0 Å². The van der Waals surface area contributed by atoms with Crippen LogP contribution in [0.3, 0.4) is 0 Å². The zero-order valence-corrected chi connectivity index (χ0v) is 16.6. The molecule has 0 bridgehead atoms. The average molecular weight is 410 g/mol. The number of ether oxygens (including phenoxy) is 2. The monoisotopic (exact) mass is 410 g/mol. The maximum absolute atomic E-state index is 13.6. The van der Waals surface area contributed by atoms with E-state index < -0.39 is 0 Å². The smallest absolute Gasteiger partial charge is 0.231 e. The Balaban J connectivity index is 1.27. The van der Waals surface area contributed by atoms with Gasteiger partial charge in [0.05, 0.1) is 12.3 Å². The highest BCUT2D eigenvalue weighted by atomic mass is 19.1. The van der Waals surface area contributed by atoms with Gasteiger partial charge in [0.2, 0.25) is 12.7 Å². The van der Waals surface area contributed by atoms with Crippen molar-refractivity contribution in [3.63, 3.8) is 0 Å². The fourth-order valence-electron chi connectivity index (χ4n) is 4.02. The molecule has 0 saturated heterocycles. The van der Waals surface area contributed by atoms with Gasteiger partial charge in [-0.05, 0) is 48.7 Å². The van der Waals surface area contributed by atoms with Crippen molar-refractivity contribution in [2.75, 3.05) is 13.3 Å². The Morgan fingerprint density at radius 3 is 2.80 bits per heavy atom. The highest BCUT2D eigenvalue weighted by Gasteiger charge is 2.33. The summed E-state index contributed by atoms with van der Waals surface area (Å²) < 4.78 is 24.4. The number of hydrogen-bond donors (Lipinski definition) is 0. The summed E-state index contributed by atoms with van der Waals surface area (Å²) in [6, 6.07) is 12.1. The zero-order valence-electron chi connectivity index (χ0n) is 16.6. The number of fused-ring (bicyclic) bond motifs is 1. The molecule has 3 aliphatic rings. The summed E-state index contributed by atoms with van der Waals surface area (Å²) in [6.45, 7) is 1.01. The van der Waals surface area contributed by atoms with Crippen molar-refractivity contribution < 1.29 is 23.5 Å². The molecule has 7 heteroatoms. The second-order valence-electron chi connectivity index (χ2n) is 8.01. The van der Waals surface area contributed by atoms with Crippen molar-refractivity contribution in [3.05, 3.63) is 59.4 Å². The van der Waals surface area contributed by atoms with Gasteiger partial charge >= 0.3 is 0 Å². The van der Waals surface area contributed by atoms with Gasteiger partial charge in [-0.3, -0.25) is 4.79 Å². The van der Waals surface area contributed by atoms with Crippen molar-refractivity contribution in [2.24, 2.45) is 11.1 Å². The van der Waals surface area contributed by atoms with E-state index in [-0.39, 0.29) is 30.5 Å². The van der Waals surface area contributed by atoms with Crippen LogP contribution >= 0.6 is 0 Å². The van der Waals surface area contributed by atoms with Crippen LogP contribution in [0.5, 0.6) is 11.5 Å². The van der Waals surface area contributed by atoms with Crippen LogP contribution in [0.15, 0.2) is 47.6 Å². The number of carbonyl (C=O) groups is 1. The van der Waals surface area contributed by atoms with Crippen LogP contribution in [-0.4, -0.2) is 36.0 Å². The molecule has 6 nitrogen and oxygen atoms in total. The van der Waals surface area contributed by atoms with E-state index in [1.54, 1.807) is 11.0 Å². The van der Waals surface area contributed by atoms with Crippen molar-refractivity contribution in [1.29, 1.82) is 0 Å². The average Bonchev–Trinajstić information content (AvgIpc) is 3.34. The lowest BCUT2D eigenvalue weighted by Gasteiger charge is -2.32. The molecule has 0 N–H and O–H groups in total. The third-order valence-electron chi connectivity index (χ3n) is 5.89. The van der Waals surface area contributed by atoms with Crippen LogP contribution in [-0.2, 0) is 16.2 Å². The fraction of sp³-hybridized carbons (Fsp3) is 0.391. The molecule has 1 amide bonds. The number of nitrogens with zero attached hydrogens (tertiary/aromatic N) is 2. The summed E-state index contributed by atoms with van der Waals surface area (Å²) in [6.07, 6.45) is 3.29. The van der Waals surface area contributed by atoms with E-state index in [1.807, 2.05) is 24.3 Å². The van der Waals surface area contributed by atoms with Crippen molar-refractivity contribution in [2.45, 2.75) is 38.3 Å². The van der Waals surface area contributed by atoms with Crippen LogP contribution in [0, 0.1) is 11.7 Å². The van der Waals surface area contributed by atoms with Gasteiger partial charge in [-0.25, -0.2) is 4.39 Å². The third kappa shape index (κ3) is 3.84. The lowest BCUT2D eigenvalue weighted by atomic mass is 9.84. The van der Waals surface area contributed by atoms with E-state index in [0.29, 0.717) is 25.3 Å². The Hall–Kier alpha value is -3.09. The van der Waals surface area contributed by atoms with Crippen molar-refractivity contribution >= 4 is 11.6 Å². The summed E-state index contributed by atoms with van der Waals surface area (Å²) in [4.78, 5) is 20.4. The van der Waals surface area contributed by atoms with E-state index in [2.05, 4.69) is 5.16 Å². The van der Waals surface area contributed by atoms with E-state index >= 15 is 0 Å². The second-order valence-corrected chi connectivity index (χ2v) is 8.01. The first kappa shape index (κ1) is 18.9. The molecule has 1 aliphatic carbocycles. The number of carbonyl (C=O) groups excluding carboxylic acids is 1. The molecule has 0 unspecified atom stereocenters. The Bertz CT molecular complexity index is 989. The number of amides is 1. The van der Waals surface area contributed by atoms with E-state index in [1.165, 1.54) is 12.1 Å². The van der Waals surface area contributed by atoms with E-state index in [0.717, 1.165) is 41.9 Å². The van der Waals surface area contributed by atoms with Gasteiger partial charge in [-0.15, -0.1) is 0 Å². The van der Waals surface area contributed by atoms with Gasteiger partial charge in [-0.2, -0.15) is 0 Å². The van der Waals surface area contributed by atoms with Crippen LogP contribution < -0.4 is 9.47 Å². The molecule has 1 atom stereocenters. The molecule has 0 radical (unpaired) electrons. The van der Waals surface area contributed by atoms with Gasteiger partial charge in [-0.1, -0.05) is 23.7 Å². The molecule has 1 saturated carbocycles. The first-order valence-corrected chi connectivity index (χ1v) is 10.3. The standard InChI is InChI=1S/C23H23FN2O4/c24-18-6-1-3-15(9-18)12-26(23(27)16-4-2-5-16)13-19-11-20(25-30-19)17-7-8-21-22(10-17)29-14-28-21/h1,3,6-10,16,19H,2,4-5,11-14H2/t19-/m0/s1. The maximum Gasteiger partial charge on any atom is 0.231 e. The predicted octanol–water partition coefficient (Wildman–Crippen LogP) is 3.88. The Morgan fingerprint density at radius 1 is 1.13 bits per heavy atom. The molecular formula is C23H23FN2O4. The number of benzene rings is 2. The zero-order chi connectivity index (χ0) is 20.5. The Kier molecular flexibility index (Phi) is 5.02. The molecule has 156 valence electrons. The molecule has 0 spiro atoms. The molecule has 2 aromatic rings. The summed E-state index contributed by atoms with van der Waals surface area (Å²) in [5.74, 6) is 1.31. The molecule has 2 aromatic carbocycles. The van der Waals surface area contributed by atoms with Crippen LogP contribution in [0.4, 0.5) is 4.39 Å². The maximum atomic E-state index is 13.6. The Morgan fingerprint density at radius 2 is 2.00 bits per heavy atom. The van der Waals surface area contributed by atoms with Gasteiger partial charge < -0.3 is 19.2 Å². The molecule has 0 aromatic heterocycles. The van der Waals surface area contributed by atoms with Gasteiger partial charge in [0.1, 0.15) is 5.82 Å². The molecule has 2 heterocycles. The lowest BCUT2D eigenvalue weighted by molar-refractivity contribution is -0.140. The fourth-order valence-corrected chi connectivity index (χ4v) is 4.02. The van der Waals surface area contributed by atoms with E-state index in [9.17, 15) is 9.18 Å². The molecule has 1 fully saturated rings. The Labute approximate surface area is 174 Å². The van der Waals surface area contributed by atoms with Crippen LogP contribution in [0.25, 0.3) is 0 Å². The lowest BCUT2D eigenvalue weighted by Crippen LogP contribution is -2.42. The predicted molar refractivity (Wildman–Crippen MR) is 108 cm³/mol. The SMILES string of the molecule is O=C(C1CCC1)N(Cc1cccc(F)c1)C[C@@H]1CC(c2ccc3c(c2)OCO3)=NO1. The highest BCUT2D eigenvalue weighted by Crippen LogP contribution is 2.34. The molecular weight excluding hydrogens is 387 g/mol. The topological polar surface area (TPSA) is 60.4 Å². The van der Waals surface area contributed by atoms with Crippen LogP contribution in [0.1, 0.15) is 36.8 Å². The summed E-state index contributed by atoms with van der Waals surface area (Å²) in [5.41, 5.74) is 2.52. The minimum absolute atomic E-state index is 0.0641. The number of rotatable bonds is 6. The van der Waals surface area contributed by atoms with Crippen molar-refractivity contribution in [1.82, 2.24) is 4.90 Å². The quantitative estimate of drug-likeness (QED) is 0.725. The van der Waals surface area contributed by atoms with E-state index in [4.69, 9.17) is 14.3 Å². The van der Waals surface area contributed by atoms with Crippen molar-refractivity contribution in [3.8, 4) is 11.5 Å². The van der Waals surface area contributed by atoms with Gasteiger partial charge in [0.15, 0.2) is 17.6 Å². The second kappa shape index (κ2) is 7.97. The minimum atomic E-state index is -0.297. The van der Waals surface area contributed by atoms with Gasteiger partial charge in [0.25, 0.3) is 0 Å². The first-order chi connectivity index (χ1) is 14.7. The number of halogens is 1. The largest absolute Gasteiger partial charge is 0.454 e. The molecule has 30 heavy (non-hydrogen) atoms. The summed E-state index contributed by atoms with van der Waals surface area (Å²) in [7, 11) is 0. The number of oxime groups is 1. The third-order valence-corrected chi connectivity index (χ3v) is 5.89. The molecule has 5 rings (SSSR count). The minimum Gasteiger partial charge on any atom is -0.454 e. The molecule has 2 aliphatic heterocycles.